The molecule has 1 aliphatic heterocycles. The lowest BCUT2D eigenvalue weighted by Crippen LogP contribution is -2.42. The molecular weight excluding hydrogens is 226 g/mol. The Morgan fingerprint density at radius 3 is 2.88 bits per heavy atom. The first kappa shape index (κ1) is 11.4. The molecule has 17 heavy (non-hydrogen) atoms. The van der Waals surface area contributed by atoms with Crippen molar-refractivity contribution in [3.63, 3.8) is 0 Å². The highest BCUT2D eigenvalue weighted by atomic mass is 16.6. The van der Waals surface area contributed by atoms with E-state index in [1.165, 1.54) is 18.2 Å². The summed E-state index contributed by atoms with van der Waals surface area (Å²) in [5, 5.41) is 19.8. The van der Waals surface area contributed by atoms with Crippen LogP contribution in [0.5, 0.6) is 5.75 Å². The van der Waals surface area contributed by atoms with E-state index in [4.69, 9.17) is 9.84 Å². The summed E-state index contributed by atoms with van der Waals surface area (Å²) < 4.78 is 5.42. The molecule has 1 atom stereocenters. The highest BCUT2D eigenvalue weighted by Gasteiger charge is 2.45. The molecule has 1 aromatic carbocycles. The van der Waals surface area contributed by atoms with Gasteiger partial charge in [-0.05, 0) is 12.5 Å². The third kappa shape index (κ3) is 1.71. The average molecular weight is 237 g/mol. The Balaban J connectivity index is 2.39. The normalized spacial score (nSPS) is 21.7. The molecule has 6 heteroatoms. The maximum atomic E-state index is 11.2. The molecule has 1 aliphatic rings. The van der Waals surface area contributed by atoms with Gasteiger partial charge in [0.25, 0.3) is 5.69 Å². The summed E-state index contributed by atoms with van der Waals surface area (Å²) >= 11 is 0. The minimum Gasteiger partial charge on any atom is -0.478 e. The smallest absolute Gasteiger partial charge is 0.348 e. The predicted molar refractivity (Wildman–Crippen MR) is 58.1 cm³/mol. The molecule has 0 aromatic heterocycles. The van der Waals surface area contributed by atoms with Crippen molar-refractivity contribution in [1.29, 1.82) is 0 Å². The van der Waals surface area contributed by atoms with Gasteiger partial charge < -0.3 is 9.84 Å². The van der Waals surface area contributed by atoms with Crippen LogP contribution in [-0.4, -0.2) is 21.6 Å². The maximum Gasteiger partial charge on any atom is 0.348 e. The second kappa shape index (κ2) is 3.73. The molecule has 0 spiro atoms. The number of nitro groups is 1. The largest absolute Gasteiger partial charge is 0.478 e. The van der Waals surface area contributed by atoms with Crippen molar-refractivity contribution in [2.45, 2.75) is 25.4 Å². The third-order valence-electron chi connectivity index (χ3n) is 3.00. The summed E-state index contributed by atoms with van der Waals surface area (Å²) in [6.07, 6.45) is 0.473. The van der Waals surface area contributed by atoms with Crippen LogP contribution < -0.4 is 4.74 Å². The molecule has 6 nitrogen and oxygen atoms in total. The van der Waals surface area contributed by atoms with Crippen molar-refractivity contribution in [2.75, 3.05) is 0 Å². The fraction of sp³-hybridized carbons (Fsp3) is 0.364. The summed E-state index contributed by atoms with van der Waals surface area (Å²) in [5.41, 5.74) is -0.759. The van der Waals surface area contributed by atoms with Crippen LogP contribution in [0.15, 0.2) is 18.2 Å². The minimum atomic E-state index is -1.28. The van der Waals surface area contributed by atoms with Gasteiger partial charge in [0.2, 0.25) is 5.60 Å². The van der Waals surface area contributed by atoms with Crippen molar-refractivity contribution in [3.8, 4) is 5.75 Å². The molecule has 1 heterocycles. The van der Waals surface area contributed by atoms with E-state index in [9.17, 15) is 14.9 Å². The second-order valence-corrected chi connectivity index (χ2v) is 3.98. The summed E-state index contributed by atoms with van der Waals surface area (Å²) in [6.45, 7) is 1.72. The molecule has 0 saturated carbocycles. The fourth-order valence-electron chi connectivity index (χ4n) is 1.94. The van der Waals surface area contributed by atoms with Gasteiger partial charge in [0.15, 0.2) is 0 Å². The summed E-state index contributed by atoms with van der Waals surface area (Å²) in [6, 6.07) is 4.13. The van der Waals surface area contributed by atoms with E-state index in [1.54, 1.807) is 6.92 Å². The van der Waals surface area contributed by atoms with Crippen LogP contribution in [0.1, 0.15) is 18.9 Å². The van der Waals surface area contributed by atoms with E-state index in [2.05, 4.69) is 0 Å². The monoisotopic (exact) mass is 237 g/mol. The highest BCUT2D eigenvalue weighted by molar-refractivity contribution is 5.80. The lowest BCUT2D eigenvalue weighted by molar-refractivity contribution is -0.384. The Morgan fingerprint density at radius 1 is 1.65 bits per heavy atom. The number of carboxylic acids is 1. The first-order chi connectivity index (χ1) is 7.98. The fourth-order valence-corrected chi connectivity index (χ4v) is 1.94. The number of non-ortho nitro benzene ring substituents is 1. The van der Waals surface area contributed by atoms with Crippen LogP contribution in [0.3, 0.4) is 0 Å². The van der Waals surface area contributed by atoms with Gasteiger partial charge >= 0.3 is 5.97 Å². The number of nitro benzene ring substituents is 1. The van der Waals surface area contributed by atoms with E-state index in [-0.39, 0.29) is 12.1 Å². The number of rotatable bonds is 3. The SMILES string of the molecule is CCC1(C(=O)O)Cc2cc([N+](=O)[O-])ccc2O1. The highest BCUT2D eigenvalue weighted by Crippen LogP contribution is 2.38. The topological polar surface area (TPSA) is 89.7 Å². The molecule has 0 fully saturated rings. The Labute approximate surface area is 97.0 Å². The van der Waals surface area contributed by atoms with Crippen molar-refractivity contribution >= 4 is 11.7 Å². The molecule has 1 aromatic rings. The first-order valence-electron chi connectivity index (χ1n) is 5.18. The lowest BCUT2D eigenvalue weighted by Gasteiger charge is -2.21. The number of ether oxygens (including phenoxy) is 1. The molecule has 0 bridgehead atoms. The van der Waals surface area contributed by atoms with Crippen LogP contribution >= 0.6 is 0 Å². The van der Waals surface area contributed by atoms with E-state index >= 15 is 0 Å². The number of carboxylic acid groups (broad SMARTS) is 1. The number of carbonyl (C=O) groups is 1. The van der Waals surface area contributed by atoms with Crippen LogP contribution in [-0.2, 0) is 11.2 Å². The molecule has 90 valence electrons. The molecular formula is C11H11NO5. The molecule has 0 radical (unpaired) electrons. The van der Waals surface area contributed by atoms with Gasteiger partial charge in [0.1, 0.15) is 5.75 Å². The van der Waals surface area contributed by atoms with Gasteiger partial charge in [-0.15, -0.1) is 0 Å². The number of fused-ring (bicyclic) bond motifs is 1. The second-order valence-electron chi connectivity index (χ2n) is 3.98. The van der Waals surface area contributed by atoms with Crippen LogP contribution in [0.4, 0.5) is 5.69 Å². The first-order valence-corrected chi connectivity index (χ1v) is 5.18. The number of aliphatic carboxylic acids is 1. The van der Waals surface area contributed by atoms with Gasteiger partial charge in [0.05, 0.1) is 4.92 Å². The Kier molecular flexibility index (Phi) is 2.49. The molecule has 1 N–H and O–H groups in total. The third-order valence-corrected chi connectivity index (χ3v) is 3.00. The maximum absolute atomic E-state index is 11.2. The number of hydrogen-bond donors (Lipinski definition) is 1. The number of hydrogen-bond acceptors (Lipinski definition) is 4. The molecule has 0 amide bonds. The van der Waals surface area contributed by atoms with Gasteiger partial charge in [-0.1, -0.05) is 6.92 Å². The van der Waals surface area contributed by atoms with E-state index in [1.807, 2.05) is 0 Å². The van der Waals surface area contributed by atoms with Crippen LogP contribution in [0, 0.1) is 10.1 Å². The van der Waals surface area contributed by atoms with Gasteiger partial charge in [0, 0.05) is 24.1 Å². The zero-order valence-electron chi connectivity index (χ0n) is 9.17. The number of benzene rings is 1. The number of nitrogens with zero attached hydrogens (tertiary/aromatic N) is 1. The van der Waals surface area contributed by atoms with E-state index in [0.29, 0.717) is 17.7 Å². The van der Waals surface area contributed by atoms with Crippen LogP contribution in [0.25, 0.3) is 0 Å². The van der Waals surface area contributed by atoms with Crippen molar-refractivity contribution in [3.05, 3.63) is 33.9 Å². The molecule has 0 aliphatic carbocycles. The Bertz CT molecular complexity index is 499. The van der Waals surface area contributed by atoms with Crippen molar-refractivity contribution < 1.29 is 19.6 Å². The standard InChI is InChI=1S/C11H11NO5/c1-2-11(10(13)14)6-7-5-8(12(15)16)3-4-9(7)17-11/h3-5H,2,6H2,1H3,(H,13,14). The van der Waals surface area contributed by atoms with E-state index < -0.39 is 16.5 Å². The van der Waals surface area contributed by atoms with Gasteiger partial charge in [-0.3, -0.25) is 10.1 Å². The zero-order valence-corrected chi connectivity index (χ0v) is 9.17. The van der Waals surface area contributed by atoms with Crippen molar-refractivity contribution in [1.82, 2.24) is 0 Å². The molecule has 2 rings (SSSR count). The molecule has 0 saturated heterocycles. The van der Waals surface area contributed by atoms with Gasteiger partial charge in [-0.2, -0.15) is 0 Å². The predicted octanol–water partition coefficient (Wildman–Crippen LogP) is 1.76. The quantitative estimate of drug-likeness (QED) is 0.639. The lowest BCUT2D eigenvalue weighted by atomic mass is 9.94. The Morgan fingerprint density at radius 2 is 2.35 bits per heavy atom. The van der Waals surface area contributed by atoms with E-state index in [0.717, 1.165) is 0 Å². The average Bonchev–Trinajstić information content (AvgIpc) is 2.67. The summed E-state index contributed by atoms with van der Waals surface area (Å²) in [5.74, 6) is -0.626. The zero-order chi connectivity index (χ0) is 12.6. The van der Waals surface area contributed by atoms with Crippen LogP contribution in [0.2, 0.25) is 0 Å². The van der Waals surface area contributed by atoms with Crippen molar-refractivity contribution in [2.24, 2.45) is 0 Å². The summed E-state index contributed by atoms with van der Waals surface area (Å²) in [7, 11) is 0. The summed E-state index contributed by atoms with van der Waals surface area (Å²) in [4.78, 5) is 21.3. The molecule has 1 unspecified atom stereocenters. The minimum absolute atomic E-state index is 0.0513. The van der Waals surface area contributed by atoms with Gasteiger partial charge in [-0.25, -0.2) is 4.79 Å². The Hall–Kier alpha value is -2.11.